The van der Waals surface area contributed by atoms with Crippen molar-refractivity contribution in [1.29, 1.82) is 0 Å². The number of aliphatic carboxylic acids is 2. The van der Waals surface area contributed by atoms with Crippen molar-refractivity contribution >= 4 is 17.6 Å². The van der Waals surface area contributed by atoms with Gasteiger partial charge in [0.1, 0.15) is 5.75 Å². The highest BCUT2D eigenvalue weighted by atomic mass is 19.4. The van der Waals surface area contributed by atoms with Crippen molar-refractivity contribution < 1.29 is 42.6 Å². The zero-order chi connectivity index (χ0) is 23.6. The van der Waals surface area contributed by atoms with Crippen LogP contribution in [0.4, 0.5) is 18.9 Å². The third-order valence-corrected chi connectivity index (χ3v) is 5.13. The first-order valence-corrected chi connectivity index (χ1v) is 8.77. The molecule has 8 nitrogen and oxygen atoms in total. The molecule has 0 aromatic heterocycles. The number of ether oxygens (including phenoxy) is 1. The van der Waals surface area contributed by atoms with Crippen LogP contribution in [-0.2, 0) is 22.2 Å². The molecule has 0 aliphatic carbocycles. The highest BCUT2D eigenvalue weighted by Crippen LogP contribution is 2.42. The number of carboxylic acid groups (broad SMARTS) is 2. The maximum absolute atomic E-state index is 13.2. The Bertz CT molecular complexity index is 989. The Morgan fingerprint density at radius 1 is 1.10 bits per heavy atom. The maximum Gasteiger partial charge on any atom is 0.416 e. The first kappa shape index (κ1) is 23.6. The van der Waals surface area contributed by atoms with Gasteiger partial charge >= 0.3 is 18.1 Å². The summed E-state index contributed by atoms with van der Waals surface area (Å²) >= 11 is 0. The molecule has 0 aliphatic heterocycles. The van der Waals surface area contributed by atoms with E-state index >= 15 is 0 Å². The number of methoxy groups -OCH3 is 1. The molecule has 0 bridgehead atoms. The van der Waals surface area contributed by atoms with Gasteiger partial charge in [0.2, 0.25) is 0 Å². The quantitative estimate of drug-likeness (QED) is 0.358. The third-order valence-electron chi connectivity index (χ3n) is 5.13. The highest BCUT2D eigenvalue weighted by Gasteiger charge is 2.50. The molecule has 0 radical (unpaired) electrons. The van der Waals surface area contributed by atoms with Crippen LogP contribution < -0.4 is 4.74 Å². The molecule has 0 spiro atoms. The molecule has 0 amide bonds. The van der Waals surface area contributed by atoms with E-state index in [4.69, 9.17) is 4.74 Å². The molecule has 0 heterocycles. The Kier molecular flexibility index (Phi) is 6.58. The second-order valence-electron chi connectivity index (χ2n) is 6.94. The van der Waals surface area contributed by atoms with Crippen LogP contribution in [0.15, 0.2) is 42.5 Å². The molecular formula is C20H18F3NO7. The summed E-state index contributed by atoms with van der Waals surface area (Å²) in [6.07, 6.45) is -5.44. The van der Waals surface area contributed by atoms with Crippen LogP contribution in [0.5, 0.6) is 5.75 Å². The largest absolute Gasteiger partial charge is 0.497 e. The molecule has 31 heavy (non-hydrogen) atoms. The second-order valence-corrected chi connectivity index (χ2v) is 6.94. The summed E-state index contributed by atoms with van der Waals surface area (Å²) in [7, 11) is 1.37. The number of halogens is 3. The smallest absolute Gasteiger partial charge is 0.416 e. The molecule has 0 aliphatic rings. The molecule has 2 N–H and O–H groups in total. The van der Waals surface area contributed by atoms with Crippen LogP contribution in [0.3, 0.4) is 0 Å². The van der Waals surface area contributed by atoms with Gasteiger partial charge in [-0.2, -0.15) is 13.2 Å². The third kappa shape index (κ3) is 4.76. The summed E-state index contributed by atoms with van der Waals surface area (Å²) < 4.78 is 44.5. The van der Waals surface area contributed by atoms with E-state index < -0.39 is 57.6 Å². The van der Waals surface area contributed by atoms with Gasteiger partial charge < -0.3 is 14.9 Å². The second kappa shape index (κ2) is 8.62. The summed E-state index contributed by atoms with van der Waals surface area (Å²) in [5.74, 6) is -4.54. The Balaban J connectivity index is 2.72. The average molecular weight is 441 g/mol. The number of hydrogen-bond acceptors (Lipinski definition) is 5. The number of carboxylic acids is 2. The normalized spacial score (nSPS) is 12.8. The summed E-state index contributed by atoms with van der Waals surface area (Å²) in [6, 6.07) is 7.33. The Hall–Kier alpha value is -3.63. The topological polar surface area (TPSA) is 127 Å². The number of benzene rings is 2. The summed E-state index contributed by atoms with van der Waals surface area (Å²) in [5, 5.41) is 30.7. The van der Waals surface area contributed by atoms with E-state index in [0.29, 0.717) is 23.9 Å². The fraction of sp³-hybridized carbons (Fsp3) is 0.300. The van der Waals surface area contributed by atoms with Gasteiger partial charge in [0.25, 0.3) is 5.69 Å². The minimum atomic E-state index is -4.80. The van der Waals surface area contributed by atoms with Gasteiger partial charge in [-0.1, -0.05) is 12.1 Å². The predicted molar refractivity (Wildman–Crippen MR) is 101 cm³/mol. The van der Waals surface area contributed by atoms with Gasteiger partial charge in [-0.25, -0.2) is 0 Å². The van der Waals surface area contributed by atoms with Gasteiger partial charge in [-0.05, 0) is 43.2 Å². The van der Waals surface area contributed by atoms with Gasteiger partial charge in [-0.15, -0.1) is 0 Å². The highest BCUT2D eigenvalue weighted by molar-refractivity contribution is 5.99. The molecule has 166 valence electrons. The lowest BCUT2D eigenvalue weighted by Gasteiger charge is -2.31. The minimum Gasteiger partial charge on any atom is -0.497 e. The van der Waals surface area contributed by atoms with Crippen molar-refractivity contribution in [1.82, 2.24) is 0 Å². The van der Waals surface area contributed by atoms with Gasteiger partial charge in [0.15, 0.2) is 5.41 Å². The molecule has 2 rings (SSSR count). The standard InChI is InChI=1S/C20H18F3NO7/c1-19(17(25)26,18(27)28)15(11-3-6-14(31-2)7-4-11)10-12-9-13(20(21,22)23)5-8-16(12)24(29)30/h3-9,15H,10H2,1-2H3,(H,25,26)(H,27,28). The van der Waals surface area contributed by atoms with Crippen LogP contribution in [0.2, 0.25) is 0 Å². The van der Waals surface area contributed by atoms with Gasteiger partial charge in [-0.3, -0.25) is 19.7 Å². The minimum absolute atomic E-state index is 0.153. The molecule has 1 atom stereocenters. The SMILES string of the molecule is COc1ccc(C(Cc2cc(C(F)(F)F)ccc2[N+](=O)[O-])C(C)(C(=O)O)C(=O)O)cc1. The van der Waals surface area contributed by atoms with E-state index in [1.807, 2.05) is 0 Å². The van der Waals surface area contributed by atoms with Crippen LogP contribution in [0, 0.1) is 15.5 Å². The van der Waals surface area contributed by atoms with Crippen molar-refractivity contribution in [3.63, 3.8) is 0 Å². The number of nitrogens with zero attached hydrogens (tertiary/aromatic N) is 1. The molecule has 1 unspecified atom stereocenters. The molecule has 2 aromatic carbocycles. The number of alkyl halides is 3. The van der Waals surface area contributed by atoms with Crippen molar-refractivity contribution in [3.05, 3.63) is 69.3 Å². The van der Waals surface area contributed by atoms with E-state index in [-0.39, 0.29) is 5.56 Å². The lowest BCUT2D eigenvalue weighted by Crippen LogP contribution is -2.43. The Labute approximate surface area is 174 Å². The Morgan fingerprint density at radius 2 is 1.65 bits per heavy atom. The zero-order valence-corrected chi connectivity index (χ0v) is 16.3. The number of rotatable bonds is 8. The van der Waals surface area contributed by atoms with Crippen LogP contribution in [0.1, 0.15) is 29.5 Å². The number of nitro benzene ring substituents is 1. The lowest BCUT2D eigenvalue weighted by molar-refractivity contribution is -0.385. The van der Waals surface area contributed by atoms with Gasteiger partial charge in [0.05, 0.1) is 17.6 Å². The van der Waals surface area contributed by atoms with Crippen molar-refractivity contribution in [2.75, 3.05) is 7.11 Å². The molecular weight excluding hydrogens is 423 g/mol. The summed E-state index contributed by atoms with van der Waals surface area (Å²) in [4.78, 5) is 34.3. The fourth-order valence-corrected chi connectivity index (χ4v) is 3.20. The van der Waals surface area contributed by atoms with Crippen molar-refractivity contribution in [3.8, 4) is 5.75 Å². The van der Waals surface area contributed by atoms with E-state index in [0.717, 1.165) is 6.92 Å². The summed E-state index contributed by atoms with van der Waals surface area (Å²) in [5.41, 5.74) is -4.62. The monoisotopic (exact) mass is 441 g/mol. The number of nitro groups is 1. The molecule has 11 heteroatoms. The van der Waals surface area contributed by atoms with Crippen molar-refractivity contribution in [2.24, 2.45) is 5.41 Å². The van der Waals surface area contributed by atoms with Crippen LogP contribution in [0.25, 0.3) is 0 Å². The fourth-order valence-electron chi connectivity index (χ4n) is 3.20. The first-order valence-electron chi connectivity index (χ1n) is 8.77. The van der Waals surface area contributed by atoms with Crippen molar-refractivity contribution in [2.45, 2.75) is 25.4 Å². The van der Waals surface area contributed by atoms with Gasteiger partial charge in [0, 0.05) is 17.5 Å². The molecule has 0 saturated heterocycles. The zero-order valence-electron chi connectivity index (χ0n) is 16.3. The molecule has 0 fully saturated rings. The predicted octanol–water partition coefficient (Wildman–Crippen LogP) is 4.12. The summed E-state index contributed by atoms with van der Waals surface area (Å²) in [6.45, 7) is 0.909. The maximum atomic E-state index is 13.2. The number of carbonyl (C=O) groups is 2. The van der Waals surface area contributed by atoms with E-state index in [1.165, 1.54) is 31.4 Å². The van der Waals surface area contributed by atoms with Crippen LogP contribution in [-0.4, -0.2) is 34.2 Å². The van der Waals surface area contributed by atoms with E-state index in [2.05, 4.69) is 0 Å². The molecule has 2 aromatic rings. The number of hydrogen-bond donors (Lipinski definition) is 2. The van der Waals surface area contributed by atoms with E-state index in [1.54, 1.807) is 0 Å². The molecule has 0 saturated carbocycles. The lowest BCUT2D eigenvalue weighted by atomic mass is 9.70. The van der Waals surface area contributed by atoms with Crippen LogP contribution >= 0.6 is 0 Å². The van der Waals surface area contributed by atoms with E-state index in [9.17, 15) is 43.1 Å². The average Bonchev–Trinajstić information content (AvgIpc) is 2.70. The Morgan fingerprint density at radius 3 is 2.06 bits per heavy atom. The first-order chi connectivity index (χ1) is 14.3.